The molecule has 3 N–H and O–H groups in total. The van der Waals surface area contributed by atoms with Crippen LogP contribution in [0.5, 0.6) is 0 Å². The van der Waals surface area contributed by atoms with E-state index in [1.807, 2.05) is 18.2 Å². The van der Waals surface area contributed by atoms with Crippen LogP contribution in [-0.4, -0.2) is 22.1 Å². The van der Waals surface area contributed by atoms with Gasteiger partial charge in [0.1, 0.15) is 0 Å². The molecule has 2 rings (SSSR count). The number of aliphatic hydroxyl groups excluding tert-OH is 1. The molecule has 2 unspecified atom stereocenters. The normalized spacial score (nSPS) is 26.1. The Hall–Kier alpha value is -0.640. The van der Waals surface area contributed by atoms with Crippen molar-refractivity contribution in [2.75, 3.05) is 6.61 Å². The zero-order valence-electron chi connectivity index (χ0n) is 8.36. The molecule has 0 aliphatic heterocycles. The van der Waals surface area contributed by atoms with Crippen LogP contribution >= 0.6 is 15.9 Å². The van der Waals surface area contributed by atoms with Crippen molar-refractivity contribution in [2.45, 2.75) is 16.8 Å². The van der Waals surface area contributed by atoms with Gasteiger partial charge in [-0.25, -0.2) is 0 Å². The minimum Gasteiger partial charge on any atom is -0.395 e. The molecule has 2 nitrogen and oxygen atoms in total. The van der Waals surface area contributed by atoms with Crippen LogP contribution in [0, 0.1) is 0 Å². The highest BCUT2D eigenvalue weighted by Gasteiger charge is 2.33. The Labute approximate surface area is 97.9 Å². The van der Waals surface area contributed by atoms with Crippen molar-refractivity contribution in [2.24, 2.45) is 5.73 Å². The number of hydrogen-bond acceptors (Lipinski definition) is 2. The number of alkyl halides is 1. The van der Waals surface area contributed by atoms with E-state index in [2.05, 4.69) is 34.1 Å². The van der Waals surface area contributed by atoms with Crippen molar-refractivity contribution in [1.82, 2.24) is 0 Å². The van der Waals surface area contributed by atoms with Crippen molar-refractivity contribution in [3.63, 3.8) is 0 Å². The smallest absolute Gasteiger partial charge is 0.0653 e. The lowest BCUT2D eigenvalue weighted by Gasteiger charge is -2.32. The number of halogens is 1. The monoisotopic (exact) mass is 267 g/mol. The van der Waals surface area contributed by atoms with Crippen LogP contribution in [0.3, 0.4) is 0 Å². The minimum atomic E-state index is -0.309. The number of fused-ring (bicyclic) bond motifs is 1. The summed E-state index contributed by atoms with van der Waals surface area (Å²) in [5.74, 6) is 0. The Balaban J connectivity index is 2.32. The molecule has 80 valence electrons. The van der Waals surface area contributed by atoms with Gasteiger partial charge in [0, 0.05) is 6.04 Å². The first-order valence-electron chi connectivity index (χ1n) is 4.98. The van der Waals surface area contributed by atoms with Crippen molar-refractivity contribution in [3.05, 3.63) is 41.5 Å². The Morgan fingerprint density at radius 1 is 1.47 bits per heavy atom. The molecule has 0 fully saturated rings. The number of nitrogens with two attached hydrogens (primary N) is 1. The van der Waals surface area contributed by atoms with Gasteiger partial charge in [-0.15, -0.1) is 0 Å². The van der Waals surface area contributed by atoms with Gasteiger partial charge in [-0.05, 0) is 17.5 Å². The minimum absolute atomic E-state index is 0.0161. The highest BCUT2D eigenvalue weighted by Crippen LogP contribution is 2.34. The highest BCUT2D eigenvalue weighted by molar-refractivity contribution is 9.10. The van der Waals surface area contributed by atoms with E-state index in [0.29, 0.717) is 0 Å². The topological polar surface area (TPSA) is 46.2 Å². The largest absolute Gasteiger partial charge is 0.395 e. The molecule has 0 heterocycles. The quantitative estimate of drug-likeness (QED) is 0.802. The molecular formula is C12H14BrNO. The third-order valence-electron chi connectivity index (χ3n) is 2.87. The van der Waals surface area contributed by atoms with Crippen LogP contribution in [0.15, 0.2) is 30.3 Å². The van der Waals surface area contributed by atoms with Gasteiger partial charge >= 0.3 is 0 Å². The molecule has 15 heavy (non-hydrogen) atoms. The van der Waals surface area contributed by atoms with Crippen molar-refractivity contribution < 1.29 is 5.11 Å². The van der Waals surface area contributed by atoms with E-state index >= 15 is 0 Å². The zero-order chi connectivity index (χ0) is 10.9. The summed E-state index contributed by atoms with van der Waals surface area (Å²) in [6, 6.07) is 7.95. The van der Waals surface area contributed by atoms with Crippen molar-refractivity contribution >= 4 is 22.0 Å². The molecule has 1 aromatic rings. The van der Waals surface area contributed by atoms with E-state index in [9.17, 15) is 0 Å². The fourth-order valence-corrected chi connectivity index (χ4v) is 2.42. The van der Waals surface area contributed by atoms with Gasteiger partial charge in [-0.2, -0.15) is 0 Å². The maximum absolute atomic E-state index is 9.11. The van der Waals surface area contributed by atoms with E-state index in [1.165, 1.54) is 11.1 Å². The number of rotatable bonds is 2. The first-order chi connectivity index (χ1) is 7.15. The summed E-state index contributed by atoms with van der Waals surface area (Å²) in [4.78, 5) is 0. The molecule has 3 heteroatoms. The van der Waals surface area contributed by atoms with Crippen LogP contribution < -0.4 is 5.73 Å². The first-order valence-corrected chi connectivity index (χ1v) is 5.77. The van der Waals surface area contributed by atoms with Crippen LogP contribution in [0.1, 0.15) is 11.1 Å². The van der Waals surface area contributed by atoms with Crippen LogP contribution in [-0.2, 0) is 6.42 Å². The second kappa shape index (κ2) is 4.08. The van der Waals surface area contributed by atoms with E-state index in [-0.39, 0.29) is 17.0 Å². The molecule has 0 aromatic heterocycles. The standard InChI is InChI=1S/C12H14BrNO/c13-12(11(14)8-15)6-5-9-3-1-2-4-10(9)7-12/h1-6,11,15H,7-8,14H2. The fraction of sp³-hybridized carbons (Fsp3) is 0.333. The van der Waals surface area contributed by atoms with Gasteiger partial charge in [0.2, 0.25) is 0 Å². The average molecular weight is 268 g/mol. The summed E-state index contributed by atoms with van der Waals surface area (Å²) in [6.45, 7) is -0.0161. The first kappa shape index (κ1) is 10.9. The summed E-state index contributed by atoms with van der Waals surface area (Å²) >= 11 is 3.62. The summed E-state index contributed by atoms with van der Waals surface area (Å²) < 4.78 is -0.309. The van der Waals surface area contributed by atoms with Gasteiger partial charge in [0.15, 0.2) is 0 Å². The lowest BCUT2D eigenvalue weighted by atomic mass is 9.85. The predicted octanol–water partition coefficient (Wildman–Crippen LogP) is 1.71. The fourth-order valence-electron chi connectivity index (χ4n) is 1.84. The van der Waals surface area contributed by atoms with E-state index < -0.39 is 0 Å². The molecule has 0 bridgehead atoms. The second-order valence-electron chi connectivity index (χ2n) is 3.92. The molecular weight excluding hydrogens is 254 g/mol. The van der Waals surface area contributed by atoms with Gasteiger partial charge in [0.05, 0.1) is 10.9 Å². The van der Waals surface area contributed by atoms with Gasteiger partial charge in [0.25, 0.3) is 0 Å². The molecule has 1 aliphatic carbocycles. The third kappa shape index (κ3) is 2.00. The molecule has 0 saturated carbocycles. The Kier molecular flexibility index (Phi) is 2.96. The molecule has 1 aromatic carbocycles. The molecule has 0 saturated heterocycles. The van der Waals surface area contributed by atoms with Crippen LogP contribution in [0.2, 0.25) is 0 Å². The van der Waals surface area contributed by atoms with Gasteiger partial charge < -0.3 is 10.8 Å². The maximum Gasteiger partial charge on any atom is 0.0653 e. The Bertz CT molecular complexity index is 391. The zero-order valence-corrected chi connectivity index (χ0v) is 9.94. The molecule has 0 spiro atoms. The lowest BCUT2D eigenvalue weighted by molar-refractivity contribution is 0.251. The highest BCUT2D eigenvalue weighted by atomic mass is 79.9. The van der Waals surface area contributed by atoms with E-state index in [4.69, 9.17) is 10.8 Å². The predicted molar refractivity (Wildman–Crippen MR) is 65.9 cm³/mol. The maximum atomic E-state index is 9.11. The van der Waals surface area contributed by atoms with Gasteiger partial charge in [-0.1, -0.05) is 52.3 Å². The summed E-state index contributed by atoms with van der Waals surface area (Å²) in [5.41, 5.74) is 8.39. The molecule has 1 aliphatic rings. The average Bonchev–Trinajstić information content (AvgIpc) is 2.27. The molecule has 0 radical (unpaired) electrons. The Morgan fingerprint density at radius 3 is 2.93 bits per heavy atom. The molecule has 0 amide bonds. The van der Waals surface area contributed by atoms with Crippen molar-refractivity contribution in [3.8, 4) is 0 Å². The van der Waals surface area contributed by atoms with Crippen molar-refractivity contribution in [1.29, 1.82) is 0 Å². The number of aliphatic hydroxyl groups is 1. The van der Waals surface area contributed by atoms with Gasteiger partial charge in [-0.3, -0.25) is 0 Å². The summed E-state index contributed by atoms with van der Waals surface area (Å²) in [7, 11) is 0. The lowest BCUT2D eigenvalue weighted by Crippen LogP contribution is -2.46. The van der Waals surface area contributed by atoms with E-state index in [0.717, 1.165) is 6.42 Å². The molecule has 2 atom stereocenters. The van der Waals surface area contributed by atoms with E-state index in [1.54, 1.807) is 0 Å². The Morgan fingerprint density at radius 2 is 2.20 bits per heavy atom. The number of hydrogen-bond donors (Lipinski definition) is 2. The summed E-state index contributed by atoms with van der Waals surface area (Å²) in [6.07, 6.45) is 4.92. The second-order valence-corrected chi connectivity index (χ2v) is 5.40. The van der Waals surface area contributed by atoms with Crippen LogP contribution in [0.25, 0.3) is 6.08 Å². The third-order valence-corrected chi connectivity index (χ3v) is 4.00. The summed E-state index contributed by atoms with van der Waals surface area (Å²) in [5, 5.41) is 9.11. The number of benzene rings is 1. The SMILES string of the molecule is NC(CO)C1(Br)C=Cc2ccccc2C1. The van der Waals surface area contributed by atoms with Crippen LogP contribution in [0.4, 0.5) is 0 Å².